The molecule has 0 saturated carbocycles. The zero-order chi connectivity index (χ0) is 25.3. The molecule has 3 aromatic carbocycles. The minimum absolute atomic E-state index is 0.00642. The number of benzene rings is 3. The summed E-state index contributed by atoms with van der Waals surface area (Å²) in [4.78, 5) is 25.3. The first-order chi connectivity index (χ1) is 16.7. The van der Waals surface area contributed by atoms with Gasteiger partial charge in [-0.05, 0) is 44.0 Å². The number of amides is 1. The van der Waals surface area contributed by atoms with Crippen molar-refractivity contribution in [3.05, 3.63) is 107 Å². The van der Waals surface area contributed by atoms with Crippen molar-refractivity contribution in [1.82, 2.24) is 5.32 Å². The van der Waals surface area contributed by atoms with E-state index >= 15 is 0 Å². The lowest BCUT2D eigenvalue weighted by Crippen LogP contribution is -2.34. The van der Waals surface area contributed by atoms with E-state index < -0.39 is 23.5 Å². The molecule has 0 fully saturated rings. The Bertz CT molecular complexity index is 1170. The van der Waals surface area contributed by atoms with E-state index in [1.807, 2.05) is 48.5 Å². The molecule has 0 spiro atoms. The van der Waals surface area contributed by atoms with Crippen molar-refractivity contribution in [2.24, 2.45) is 0 Å². The Morgan fingerprint density at radius 3 is 2.06 bits per heavy atom. The van der Waals surface area contributed by atoms with Crippen molar-refractivity contribution in [2.45, 2.75) is 39.6 Å². The first-order valence-corrected chi connectivity index (χ1v) is 11.1. The third-order valence-corrected chi connectivity index (χ3v) is 4.59. The standard InChI is InChI=1S/C28H28FNO5/c1-28(2,3)35-27(32)30-24(26(31)34-19-21-13-8-5-9-14-21)17-22-15-10-16-23(29)25(22)33-18-20-11-6-4-7-12-20/h4-17H,18-19H2,1-3H3,(H,30,32)/b24-17-. The molecular formula is C28H28FNO5. The van der Waals surface area contributed by atoms with Gasteiger partial charge in [0.2, 0.25) is 0 Å². The highest BCUT2D eigenvalue weighted by Crippen LogP contribution is 2.26. The molecule has 35 heavy (non-hydrogen) atoms. The molecule has 3 rings (SSSR count). The van der Waals surface area contributed by atoms with Gasteiger partial charge in [0, 0.05) is 5.56 Å². The fourth-order valence-corrected chi connectivity index (χ4v) is 3.04. The van der Waals surface area contributed by atoms with Crippen LogP contribution >= 0.6 is 0 Å². The summed E-state index contributed by atoms with van der Waals surface area (Å²) in [5, 5.41) is 2.43. The molecule has 0 aliphatic rings. The molecule has 0 bridgehead atoms. The quantitative estimate of drug-likeness (QED) is 0.318. The van der Waals surface area contributed by atoms with Crippen LogP contribution in [0.3, 0.4) is 0 Å². The van der Waals surface area contributed by atoms with E-state index in [4.69, 9.17) is 14.2 Å². The van der Waals surface area contributed by atoms with Crippen LogP contribution < -0.4 is 10.1 Å². The number of rotatable bonds is 8. The minimum atomic E-state index is -0.844. The summed E-state index contributed by atoms with van der Waals surface area (Å²) < 4.78 is 31.1. The molecule has 7 heteroatoms. The van der Waals surface area contributed by atoms with E-state index in [2.05, 4.69) is 5.32 Å². The van der Waals surface area contributed by atoms with E-state index in [0.717, 1.165) is 11.1 Å². The largest absolute Gasteiger partial charge is 0.485 e. The van der Waals surface area contributed by atoms with Gasteiger partial charge in [-0.2, -0.15) is 0 Å². The first-order valence-electron chi connectivity index (χ1n) is 11.1. The second-order valence-electron chi connectivity index (χ2n) is 8.68. The van der Waals surface area contributed by atoms with Gasteiger partial charge in [0.25, 0.3) is 0 Å². The average molecular weight is 478 g/mol. The van der Waals surface area contributed by atoms with Crippen LogP contribution in [-0.4, -0.2) is 17.7 Å². The lowest BCUT2D eigenvalue weighted by molar-refractivity contribution is -0.140. The van der Waals surface area contributed by atoms with Gasteiger partial charge < -0.3 is 14.2 Å². The van der Waals surface area contributed by atoms with Gasteiger partial charge in [0.05, 0.1) is 0 Å². The zero-order valence-electron chi connectivity index (χ0n) is 19.9. The molecule has 0 saturated heterocycles. The van der Waals surface area contributed by atoms with Crippen LogP contribution in [0.4, 0.5) is 9.18 Å². The molecule has 0 atom stereocenters. The third kappa shape index (κ3) is 8.30. The van der Waals surface area contributed by atoms with Crippen LogP contribution in [0.1, 0.15) is 37.5 Å². The molecule has 0 aliphatic carbocycles. The zero-order valence-corrected chi connectivity index (χ0v) is 19.9. The lowest BCUT2D eigenvalue weighted by Gasteiger charge is -2.20. The fraction of sp³-hybridized carbons (Fsp3) is 0.214. The molecule has 1 N–H and O–H groups in total. The molecule has 0 radical (unpaired) electrons. The molecule has 6 nitrogen and oxygen atoms in total. The highest BCUT2D eigenvalue weighted by atomic mass is 19.1. The summed E-state index contributed by atoms with van der Waals surface area (Å²) in [6.07, 6.45) is 0.462. The number of alkyl carbamates (subject to hydrolysis) is 1. The normalized spacial score (nSPS) is 11.5. The summed E-state index contributed by atoms with van der Waals surface area (Å²) in [6, 6.07) is 22.7. The molecule has 3 aromatic rings. The maximum Gasteiger partial charge on any atom is 0.412 e. The summed E-state index contributed by atoms with van der Waals surface area (Å²) in [5.41, 5.74) is 0.871. The van der Waals surface area contributed by atoms with Crippen molar-refractivity contribution in [3.63, 3.8) is 0 Å². The first kappa shape index (κ1) is 25.5. The van der Waals surface area contributed by atoms with Crippen molar-refractivity contribution < 1.29 is 28.2 Å². The predicted octanol–water partition coefficient (Wildman–Crippen LogP) is 6.01. The number of ether oxygens (including phenoxy) is 3. The van der Waals surface area contributed by atoms with Gasteiger partial charge in [-0.25, -0.2) is 14.0 Å². The molecule has 0 heterocycles. The number of hydrogen-bond donors (Lipinski definition) is 1. The topological polar surface area (TPSA) is 73.9 Å². The predicted molar refractivity (Wildman–Crippen MR) is 131 cm³/mol. The Morgan fingerprint density at radius 1 is 0.857 bits per heavy atom. The van der Waals surface area contributed by atoms with Gasteiger partial charge in [-0.3, -0.25) is 5.32 Å². The number of carbonyl (C=O) groups is 2. The monoisotopic (exact) mass is 477 g/mol. The van der Waals surface area contributed by atoms with Gasteiger partial charge in [0.15, 0.2) is 11.6 Å². The number of hydrogen-bond acceptors (Lipinski definition) is 5. The Balaban J connectivity index is 1.87. The maximum absolute atomic E-state index is 14.7. The molecule has 1 amide bonds. The summed E-state index contributed by atoms with van der Waals surface area (Å²) in [7, 11) is 0. The van der Waals surface area contributed by atoms with Crippen molar-refractivity contribution in [2.75, 3.05) is 0 Å². The number of esters is 1. The van der Waals surface area contributed by atoms with Crippen molar-refractivity contribution in [3.8, 4) is 5.75 Å². The minimum Gasteiger partial charge on any atom is -0.485 e. The Morgan fingerprint density at radius 2 is 1.46 bits per heavy atom. The summed E-state index contributed by atoms with van der Waals surface area (Å²) in [5.74, 6) is -1.47. The fourth-order valence-electron chi connectivity index (χ4n) is 3.04. The molecule has 182 valence electrons. The third-order valence-electron chi connectivity index (χ3n) is 4.59. The lowest BCUT2D eigenvalue weighted by atomic mass is 10.1. The van der Waals surface area contributed by atoms with E-state index in [9.17, 15) is 14.0 Å². The number of nitrogens with one attached hydrogen (secondary N) is 1. The summed E-state index contributed by atoms with van der Waals surface area (Å²) >= 11 is 0. The molecule has 0 aliphatic heterocycles. The summed E-state index contributed by atoms with van der Waals surface area (Å²) in [6.45, 7) is 5.22. The molecule has 0 aromatic heterocycles. The Labute approximate surface area is 204 Å². The Hall–Kier alpha value is -4.13. The smallest absolute Gasteiger partial charge is 0.412 e. The van der Waals surface area contributed by atoms with Crippen LogP contribution in [0.15, 0.2) is 84.6 Å². The number of halogens is 1. The van der Waals surface area contributed by atoms with E-state index in [-0.39, 0.29) is 30.2 Å². The van der Waals surface area contributed by atoms with Gasteiger partial charge in [0.1, 0.15) is 24.5 Å². The van der Waals surface area contributed by atoms with Crippen LogP contribution in [0.25, 0.3) is 6.08 Å². The van der Waals surface area contributed by atoms with Crippen molar-refractivity contribution in [1.29, 1.82) is 0 Å². The average Bonchev–Trinajstić information content (AvgIpc) is 2.82. The van der Waals surface area contributed by atoms with Crippen LogP contribution in [0, 0.1) is 5.82 Å². The number of para-hydroxylation sites is 1. The van der Waals surface area contributed by atoms with E-state index in [0.29, 0.717) is 0 Å². The van der Waals surface area contributed by atoms with Crippen LogP contribution in [-0.2, 0) is 27.5 Å². The van der Waals surface area contributed by atoms with Gasteiger partial charge in [-0.15, -0.1) is 0 Å². The Kier molecular flexibility index (Phi) is 8.62. The molecular weight excluding hydrogens is 449 g/mol. The van der Waals surface area contributed by atoms with E-state index in [1.165, 1.54) is 18.2 Å². The molecule has 0 unspecified atom stereocenters. The van der Waals surface area contributed by atoms with E-state index in [1.54, 1.807) is 39.0 Å². The van der Waals surface area contributed by atoms with Crippen LogP contribution in [0.2, 0.25) is 0 Å². The maximum atomic E-state index is 14.7. The van der Waals surface area contributed by atoms with Crippen LogP contribution in [0.5, 0.6) is 5.75 Å². The number of carbonyl (C=O) groups excluding carboxylic acids is 2. The highest BCUT2D eigenvalue weighted by Gasteiger charge is 2.22. The van der Waals surface area contributed by atoms with Gasteiger partial charge >= 0.3 is 12.1 Å². The second kappa shape index (κ2) is 11.8. The highest BCUT2D eigenvalue weighted by molar-refractivity contribution is 5.97. The van der Waals surface area contributed by atoms with Gasteiger partial charge in [-0.1, -0.05) is 72.8 Å². The van der Waals surface area contributed by atoms with Crippen molar-refractivity contribution >= 4 is 18.1 Å². The second-order valence-corrected chi connectivity index (χ2v) is 8.68. The SMILES string of the molecule is CC(C)(C)OC(=O)N/C(=C\c1cccc(F)c1OCc1ccccc1)C(=O)OCc1ccccc1.